The van der Waals surface area contributed by atoms with Crippen LogP contribution in [0, 0.1) is 6.92 Å². The van der Waals surface area contributed by atoms with Gasteiger partial charge < -0.3 is 4.57 Å². The van der Waals surface area contributed by atoms with E-state index in [1.54, 1.807) is 0 Å². The summed E-state index contributed by atoms with van der Waals surface area (Å²) >= 11 is 0. The predicted octanol–water partition coefficient (Wildman–Crippen LogP) is 12.4. The third-order valence-electron chi connectivity index (χ3n) is 10.9. The van der Waals surface area contributed by atoms with Crippen LogP contribution in [0.4, 0.5) is 0 Å². The van der Waals surface area contributed by atoms with Gasteiger partial charge in [-0.1, -0.05) is 135 Å². The van der Waals surface area contributed by atoms with Gasteiger partial charge in [-0.25, -0.2) is 0 Å². The minimum atomic E-state index is -0.0619. The molecule has 0 atom stereocenters. The first-order valence-electron chi connectivity index (χ1n) is 16.6. The van der Waals surface area contributed by atoms with Crippen molar-refractivity contribution >= 4 is 44.7 Å². The van der Waals surface area contributed by atoms with Crippen molar-refractivity contribution in [3.8, 4) is 39.1 Å². The molecule has 0 saturated heterocycles. The molecular weight excluding hydrogens is 567 g/mol. The molecule has 0 saturated carbocycles. The Hall–Kier alpha value is -5.66. The fraction of sp³-hybridized carbons (Fsp3) is 0.0870. The second-order valence-corrected chi connectivity index (χ2v) is 13.8. The highest BCUT2D eigenvalue weighted by molar-refractivity contribution is 6.31. The van der Waals surface area contributed by atoms with E-state index in [1.165, 1.54) is 99.5 Å². The van der Waals surface area contributed by atoms with Crippen LogP contribution in [0.3, 0.4) is 0 Å². The molecule has 0 unspecified atom stereocenters. The predicted molar refractivity (Wildman–Crippen MR) is 200 cm³/mol. The molecule has 0 fully saturated rings. The van der Waals surface area contributed by atoms with E-state index >= 15 is 0 Å². The third-order valence-corrected chi connectivity index (χ3v) is 10.9. The van der Waals surface area contributed by atoms with Gasteiger partial charge >= 0.3 is 0 Å². The van der Waals surface area contributed by atoms with Crippen LogP contribution >= 0.6 is 0 Å². The molecule has 222 valence electrons. The van der Waals surface area contributed by atoms with E-state index in [1.807, 2.05) is 0 Å². The molecule has 1 aromatic heterocycles. The van der Waals surface area contributed by atoms with Gasteiger partial charge in [0.2, 0.25) is 0 Å². The van der Waals surface area contributed by atoms with Crippen LogP contribution in [0.25, 0.3) is 83.8 Å². The quantitative estimate of drug-likeness (QED) is 0.178. The Labute approximate surface area is 275 Å². The molecule has 47 heavy (non-hydrogen) atoms. The SMILES string of the molecule is Cc1cccc2c1-c1c(/C=C/c3ccccc3)ccc3ccc4c(c13)c1c-2cccc1n4-c1ccc2c(c1)C(C)(C)c1ccccc1-2. The fourth-order valence-electron chi connectivity index (χ4n) is 8.70. The molecule has 0 amide bonds. The van der Waals surface area contributed by atoms with Gasteiger partial charge in [0, 0.05) is 27.3 Å². The van der Waals surface area contributed by atoms with Crippen molar-refractivity contribution in [2.75, 3.05) is 0 Å². The summed E-state index contributed by atoms with van der Waals surface area (Å²) in [6.07, 6.45) is 4.56. The van der Waals surface area contributed by atoms with Gasteiger partial charge in [0.25, 0.3) is 0 Å². The first kappa shape index (κ1) is 26.5. The lowest BCUT2D eigenvalue weighted by molar-refractivity contribution is 0.660. The molecule has 1 heteroatoms. The molecule has 0 aliphatic heterocycles. The first-order valence-corrected chi connectivity index (χ1v) is 16.6. The highest BCUT2D eigenvalue weighted by Gasteiger charge is 2.36. The van der Waals surface area contributed by atoms with Crippen LogP contribution in [0.15, 0.2) is 133 Å². The van der Waals surface area contributed by atoms with Gasteiger partial charge in [-0.05, 0) is 97.8 Å². The monoisotopic (exact) mass is 599 g/mol. The van der Waals surface area contributed by atoms with Crippen molar-refractivity contribution in [1.29, 1.82) is 0 Å². The Morgan fingerprint density at radius 2 is 1.23 bits per heavy atom. The molecule has 1 nitrogen and oxygen atoms in total. The molecule has 2 aliphatic carbocycles. The number of nitrogens with zero attached hydrogens (tertiary/aromatic N) is 1. The number of hydrogen-bond donors (Lipinski definition) is 0. The molecular formula is C46H33N. The van der Waals surface area contributed by atoms with Crippen LogP contribution in [-0.4, -0.2) is 4.57 Å². The standard InChI is InChI=1S/C46H33N/c1-28-11-9-15-35-36-16-10-18-39-44(36)45-40(47(39)32-24-25-34-33-14-7-8-17-37(33)46(2,3)38(34)27-32)26-23-31-22-21-30(42(41(28)35)43(31)45)20-19-29-12-5-4-6-13-29/h4-27H,1-3H3/b20-19+. The molecule has 0 N–H and O–H groups in total. The summed E-state index contributed by atoms with van der Waals surface area (Å²) in [5.74, 6) is 0. The summed E-state index contributed by atoms with van der Waals surface area (Å²) in [6.45, 7) is 7.00. The number of fused-ring (bicyclic) bond motifs is 6. The molecule has 8 aromatic rings. The summed E-state index contributed by atoms with van der Waals surface area (Å²) in [6, 6.07) is 49.7. The van der Waals surface area contributed by atoms with E-state index in [0.717, 1.165) is 0 Å². The average Bonchev–Trinajstić information content (AvgIpc) is 3.50. The summed E-state index contributed by atoms with van der Waals surface area (Å²) in [7, 11) is 0. The summed E-state index contributed by atoms with van der Waals surface area (Å²) in [4.78, 5) is 0. The molecule has 1 heterocycles. The van der Waals surface area contributed by atoms with E-state index < -0.39 is 0 Å². The Morgan fingerprint density at radius 1 is 0.511 bits per heavy atom. The van der Waals surface area contributed by atoms with Crippen LogP contribution in [0.1, 0.15) is 41.7 Å². The van der Waals surface area contributed by atoms with E-state index in [4.69, 9.17) is 0 Å². The summed E-state index contributed by atoms with van der Waals surface area (Å²) in [5.41, 5.74) is 18.2. The van der Waals surface area contributed by atoms with Crippen LogP contribution in [0.2, 0.25) is 0 Å². The van der Waals surface area contributed by atoms with E-state index in [9.17, 15) is 0 Å². The number of hydrogen-bond acceptors (Lipinski definition) is 0. The number of benzene rings is 7. The van der Waals surface area contributed by atoms with Crippen molar-refractivity contribution in [1.82, 2.24) is 4.57 Å². The minimum absolute atomic E-state index is 0.0619. The minimum Gasteiger partial charge on any atom is -0.309 e. The van der Waals surface area contributed by atoms with Crippen molar-refractivity contribution in [3.05, 3.63) is 161 Å². The zero-order valence-corrected chi connectivity index (χ0v) is 26.8. The van der Waals surface area contributed by atoms with Crippen LogP contribution in [0.5, 0.6) is 0 Å². The molecule has 0 radical (unpaired) electrons. The van der Waals surface area contributed by atoms with Gasteiger partial charge in [0.05, 0.1) is 11.0 Å². The van der Waals surface area contributed by atoms with Crippen molar-refractivity contribution in [3.63, 3.8) is 0 Å². The Balaban J connectivity index is 1.32. The maximum absolute atomic E-state index is 2.52. The van der Waals surface area contributed by atoms with Gasteiger partial charge in [-0.2, -0.15) is 0 Å². The second-order valence-electron chi connectivity index (χ2n) is 13.8. The molecule has 0 spiro atoms. The number of aromatic nitrogens is 1. The lowest BCUT2D eigenvalue weighted by Gasteiger charge is -2.22. The van der Waals surface area contributed by atoms with E-state index in [-0.39, 0.29) is 5.41 Å². The number of rotatable bonds is 3. The van der Waals surface area contributed by atoms with Crippen molar-refractivity contribution < 1.29 is 0 Å². The number of aryl methyl sites for hydroxylation is 1. The highest BCUT2D eigenvalue weighted by atomic mass is 15.0. The largest absolute Gasteiger partial charge is 0.309 e. The Morgan fingerprint density at radius 3 is 2.13 bits per heavy atom. The van der Waals surface area contributed by atoms with Gasteiger partial charge in [-0.15, -0.1) is 0 Å². The van der Waals surface area contributed by atoms with Crippen molar-refractivity contribution in [2.45, 2.75) is 26.2 Å². The zero-order chi connectivity index (χ0) is 31.4. The lowest BCUT2D eigenvalue weighted by atomic mass is 9.82. The molecule has 0 bridgehead atoms. The maximum Gasteiger partial charge on any atom is 0.0548 e. The van der Waals surface area contributed by atoms with Gasteiger partial charge in [-0.3, -0.25) is 0 Å². The van der Waals surface area contributed by atoms with Crippen molar-refractivity contribution in [2.24, 2.45) is 0 Å². The van der Waals surface area contributed by atoms with Gasteiger partial charge in [0.15, 0.2) is 0 Å². The average molecular weight is 600 g/mol. The topological polar surface area (TPSA) is 4.93 Å². The zero-order valence-electron chi connectivity index (χ0n) is 26.8. The first-order chi connectivity index (χ1) is 23.0. The third kappa shape index (κ3) is 3.54. The Kier molecular flexibility index (Phi) is 5.33. The highest BCUT2D eigenvalue weighted by Crippen LogP contribution is 2.53. The van der Waals surface area contributed by atoms with Crippen LogP contribution < -0.4 is 0 Å². The van der Waals surface area contributed by atoms with E-state index in [0.29, 0.717) is 0 Å². The summed E-state index contributed by atoms with van der Waals surface area (Å²) < 4.78 is 2.52. The Bertz CT molecular complexity index is 2650. The molecule has 7 aromatic carbocycles. The smallest absolute Gasteiger partial charge is 0.0548 e. The molecule has 2 aliphatic rings. The lowest BCUT2D eigenvalue weighted by Crippen LogP contribution is -2.15. The molecule has 10 rings (SSSR count). The second kappa shape index (κ2) is 9.44. The van der Waals surface area contributed by atoms with Gasteiger partial charge in [0.1, 0.15) is 0 Å². The summed E-state index contributed by atoms with van der Waals surface area (Å²) in [5, 5.41) is 5.30. The maximum atomic E-state index is 2.52. The van der Waals surface area contributed by atoms with E-state index in [2.05, 4.69) is 171 Å². The fourth-order valence-corrected chi connectivity index (χ4v) is 8.70. The normalized spacial score (nSPS) is 13.9. The van der Waals surface area contributed by atoms with Crippen LogP contribution in [-0.2, 0) is 5.41 Å².